The average Bonchev–Trinajstić information content (AvgIpc) is 4.45. The van der Waals surface area contributed by atoms with Crippen LogP contribution in [0.1, 0.15) is 61.6 Å². The molecule has 0 spiro atoms. The Bertz CT molecular complexity index is 3480. The highest BCUT2D eigenvalue weighted by molar-refractivity contribution is 7.88. The summed E-state index contributed by atoms with van der Waals surface area (Å²) in [7, 11) is 2.56. The smallest absolute Gasteiger partial charge is 0.239 e. The maximum Gasteiger partial charge on any atom is 0.239 e. The number of benzene rings is 7. The first-order chi connectivity index (χ1) is 41.4. The number of terminal acetylenes is 1. The van der Waals surface area contributed by atoms with Gasteiger partial charge in [-0.25, -0.2) is 24.6 Å². The number of aryl methyl sites for hydroxylation is 7. The molecule has 2 aliphatic rings. The van der Waals surface area contributed by atoms with Crippen molar-refractivity contribution in [3.8, 4) is 18.4 Å². The van der Waals surface area contributed by atoms with Crippen molar-refractivity contribution in [1.29, 1.82) is 6.39 Å². The summed E-state index contributed by atoms with van der Waals surface area (Å²) in [6, 6.07) is 59.3. The zero-order valence-electron chi connectivity index (χ0n) is 49.4. The Labute approximate surface area is 511 Å². The van der Waals surface area contributed by atoms with Gasteiger partial charge in [0, 0.05) is 73.3 Å². The van der Waals surface area contributed by atoms with E-state index < -0.39 is 0 Å². The van der Waals surface area contributed by atoms with E-state index in [1.165, 1.54) is 27.6 Å². The highest BCUT2D eigenvalue weighted by atomic mass is 32.4. The van der Waals surface area contributed by atoms with Gasteiger partial charge >= 0.3 is 0 Å². The van der Waals surface area contributed by atoms with E-state index in [1.807, 2.05) is 213 Å². The number of aliphatic imine (C=N–C) groups is 2. The molecule has 0 amide bonds. The van der Waals surface area contributed by atoms with E-state index in [2.05, 4.69) is 130 Å². The van der Waals surface area contributed by atoms with Crippen molar-refractivity contribution in [1.82, 2.24) is 29.9 Å². The fourth-order valence-corrected chi connectivity index (χ4v) is 6.94. The second-order valence-electron chi connectivity index (χ2n) is 17.8. The number of fused-ring (bicyclic) bond motifs is 3. The summed E-state index contributed by atoms with van der Waals surface area (Å²) >= 11 is 6.67. The van der Waals surface area contributed by atoms with Crippen LogP contribution in [0, 0.1) is 85.3 Å². The third-order valence-corrected chi connectivity index (χ3v) is 11.4. The zero-order valence-corrected chi connectivity index (χ0v) is 51.1. The lowest BCUT2D eigenvalue weighted by Gasteiger charge is -1.92. The number of nitriles is 1. The first-order valence-electron chi connectivity index (χ1n) is 26.6. The van der Waals surface area contributed by atoms with Crippen LogP contribution in [0.2, 0.25) is 0 Å². The first kappa shape index (κ1) is 68.2. The number of imidazole rings is 3. The van der Waals surface area contributed by atoms with Crippen molar-refractivity contribution in [2.75, 3.05) is 0 Å². The molecule has 0 saturated heterocycles. The summed E-state index contributed by atoms with van der Waals surface area (Å²) < 4.78 is 5.44. The molecule has 7 aromatic carbocycles. The highest BCUT2D eigenvalue weighted by Crippen LogP contribution is 2.23. The quantitative estimate of drug-likeness (QED) is 0.0676. The average molecular weight is 1170 g/mol. The third kappa shape index (κ3) is 28.4. The van der Waals surface area contributed by atoms with E-state index in [4.69, 9.17) is 26.0 Å². The Morgan fingerprint density at radius 3 is 1.42 bits per heavy atom. The number of hydrogen-bond acceptors (Lipinski definition) is 6. The molecule has 11 aromatic rings. The Hall–Kier alpha value is -10.1. The van der Waals surface area contributed by atoms with Crippen LogP contribution in [-0.4, -0.2) is 43.5 Å². The molecule has 0 radical (unpaired) electrons. The summed E-state index contributed by atoms with van der Waals surface area (Å²) in [6.45, 7) is 27.2. The van der Waals surface area contributed by atoms with Crippen LogP contribution in [0.15, 0.2) is 230 Å². The number of H-pyrrole nitrogens is 5. The molecular weight excluding hydrogens is 1090 g/mol. The summed E-state index contributed by atoms with van der Waals surface area (Å²) in [5.41, 5.74) is 17.2. The van der Waals surface area contributed by atoms with Gasteiger partial charge in [-0.2, -0.15) is 18.7 Å². The van der Waals surface area contributed by atoms with Crippen LogP contribution in [0.25, 0.3) is 20.6 Å². The van der Waals surface area contributed by atoms with Gasteiger partial charge < -0.3 is 15.0 Å². The maximum atomic E-state index is 8.41. The lowest BCUT2D eigenvalue weighted by molar-refractivity contribution is -0.376. The lowest BCUT2D eigenvalue weighted by Crippen LogP contribution is -1.88. The van der Waals surface area contributed by atoms with Crippen molar-refractivity contribution in [3.63, 3.8) is 0 Å². The second-order valence-corrected chi connectivity index (χ2v) is 17.8. The molecule has 5 N–H and O–H groups in total. The Kier molecular flexibility index (Phi) is 34.7. The number of rotatable bonds is 0. The number of hydrogen-bond donors (Lipinski definition) is 4. The molecule has 13 rings (SSSR count). The fraction of sp³-hybridized carbons (Fsp3) is 0.130. The summed E-state index contributed by atoms with van der Waals surface area (Å²) in [5, 5.41) is 9.69. The van der Waals surface area contributed by atoms with E-state index in [-0.39, 0.29) is 0 Å². The standard InChI is InChI=1S/C9H8.6C8H7N.3C4H6N2.HPS.H2S/c1-3-9-7-5-4-6-8(9)2;3*1-2-4-8-7(3-1)5-6-9-8;2*1-7-5-3-4-6-8(7)9-2;1-7-3-2-4-8(5-7)6-9;3*1-4-2-5-3-6-4;1-2;/h1,4-7H,2H3;2*1-4,6H,5H2;1-6,9H;2*3-6H,1H3;2-5H,1H3;3*2-3H,1H3,(H,5,6);1H;1H2/p+1/i/hD. The van der Waals surface area contributed by atoms with Gasteiger partial charge in [0.1, 0.15) is 11.9 Å². The number of nitrogens with zero attached hydrogens (tertiary/aromatic N) is 7. The number of para-hydroxylation sites is 5. The van der Waals surface area contributed by atoms with Gasteiger partial charge in [-0.1, -0.05) is 151 Å². The van der Waals surface area contributed by atoms with Crippen LogP contribution < -0.4 is 4.98 Å². The minimum atomic E-state index is 0.731. The van der Waals surface area contributed by atoms with Crippen molar-refractivity contribution < 1.29 is 4.98 Å². The molecule has 12 nitrogen and oxygen atoms in total. The van der Waals surface area contributed by atoms with Crippen LogP contribution in [0.4, 0.5) is 22.7 Å². The van der Waals surface area contributed by atoms with Gasteiger partial charge in [0.15, 0.2) is 11.4 Å². The van der Waals surface area contributed by atoms with Gasteiger partial charge in [-0.3, -0.25) is 15.0 Å². The van der Waals surface area contributed by atoms with E-state index in [9.17, 15) is 0 Å². The number of aromatic amines is 5. The van der Waals surface area contributed by atoms with Crippen molar-refractivity contribution >= 4 is 79.3 Å². The number of nitrogens with one attached hydrogen (secondary N) is 5. The topological polar surface area (TPSA) is 160 Å². The summed E-state index contributed by atoms with van der Waals surface area (Å²) in [4.78, 5) is 37.2. The molecular formula is C69H72N12PS2+. The minimum absolute atomic E-state index is 0.731. The first-order valence-corrected chi connectivity index (χ1v) is 27.8. The van der Waals surface area contributed by atoms with Gasteiger partial charge in [0.2, 0.25) is 6.33 Å². The Morgan fingerprint density at radius 1 is 0.583 bits per heavy atom. The molecule has 2 aliphatic heterocycles. The van der Waals surface area contributed by atoms with Crippen LogP contribution in [-0.2, 0) is 24.6 Å². The lowest BCUT2D eigenvalue weighted by atomic mass is 10.1. The highest BCUT2D eigenvalue weighted by Gasteiger charge is 2.03. The van der Waals surface area contributed by atoms with Crippen molar-refractivity contribution in [2.45, 2.75) is 61.3 Å². The van der Waals surface area contributed by atoms with Gasteiger partial charge in [-0.05, 0) is 131 Å². The van der Waals surface area contributed by atoms with Crippen LogP contribution in [0.3, 0.4) is 0 Å². The molecule has 0 atom stereocenters. The molecule has 6 heterocycles. The predicted octanol–water partition coefficient (Wildman–Crippen LogP) is 17.3. The molecule has 0 fully saturated rings. The Balaban J connectivity index is 0.000000321. The van der Waals surface area contributed by atoms with Gasteiger partial charge in [0.25, 0.3) is 0 Å². The monoisotopic (exact) mass is 1160 g/mol. The molecule has 15 heteroatoms. The molecule has 0 aliphatic carbocycles. The predicted molar refractivity (Wildman–Crippen MR) is 360 cm³/mol. The molecule has 424 valence electrons. The van der Waals surface area contributed by atoms with Gasteiger partial charge in [0.05, 0.1) is 49.9 Å². The zero-order chi connectivity index (χ0) is 62.3. The largest absolute Gasteiger partial charge is 0.361 e. The normalized spacial score (nSPS) is 9.69. The summed E-state index contributed by atoms with van der Waals surface area (Å²) in [5.74, 6) is 2.60. The van der Waals surface area contributed by atoms with Crippen molar-refractivity contribution in [2.24, 2.45) is 9.98 Å². The third-order valence-electron chi connectivity index (χ3n) is 11.4. The molecule has 4 aromatic heterocycles. The van der Waals surface area contributed by atoms with Crippen LogP contribution >= 0.6 is 21.4 Å². The van der Waals surface area contributed by atoms with Crippen molar-refractivity contribution in [3.05, 3.63) is 304 Å². The minimum Gasteiger partial charge on any atom is -0.361 e. The fourth-order valence-electron chi connectivity index (χ4n) is 6.94. The molecule has 0 saturated carbocycles. The molecule has 84 heavy (non-hydrogen) atoms. The molecule has 0 unspecified atom stereocenters. The van der Waals surface area contributed by atoms with Crippen LogP contribution in [0.5, 0.6) is 0 Å². The molecule has 0 bridgehead atoms. The van der Waals surface area contributed by atoms with Gasteiger partial charge in [-0.15, -0.1) is 6.42 Å². The Morgan fingerprint density at radius 2 is 1.07 bits per heavy atom. The number of aromatic nitrogens is 7. The maximum absolute atomic E-state index is 8.41. The summed E-state index contributed by atoms with van der Waals surface area (Å²) in [6.07, 6.45) is 23.6. The van der Waals surface area contributed by atoms with E-state index in [1.54, 1.807) is 37.4 Å². The van der Waals surface area contributed by atoms with E-state index in [0.717, 1.165) is 80.5 Å². The second kappa shape index (κ2) is 42.8. The van der Waals surface area contributed by atoms with E-state index >= 15 is 0 Å². The SMILES string of the molecule is C#Cc1ccccc1C.C1=Nc2ccccc2C1.C1=Nc2ccccc2C1.Cc1c[nH+]c[nH]1.Cc1cccc(C#N)c1.Cc1cnc[nH]1.Cc1cnc[nH]1.P=S.[2H]S.[C-]#[N+]c1ccccc1C.[C-]#[N+]c1ccccc1C.c1ccc2[nH]ccc2c1. The van der Waals surface area contributed by atoms with E-state index in [0.29, 0.717) is 0 Å².